The van der Waals surface area contributed by atoms with E-state index in [1.54, 1.807) is 12.1 Å². The molecule has 0 aliphatic heterocycles. The molecule has 0 bridgehead atoms. The first-order chi connectivity index (χ1) is 21.3. The Morgan fingerprint density at radius 1 is 0.864 bits per heavy atom. The quantitative estimate of drug-likeness (QED) is 0.154. The average Bonchev–Trinajstić information content (AvgIpc) is 3.01. The van der Waals surface area contributed by atoms with Gasteiger partial charge in [-0.2, -0.15) is 0 Å². The molecule has 0 aliphatic carbocycles. The number of hydrogen-bond acceptors (Lipinski definition) is 6. The first-order valence-corrected chi connectivity index (χ1v) is 15.0. The fourth-order valence-electron chi connectivity index (χ4n) is 4.55. The number of benzene rings is 3. The van der Waals surface area contributed by atoms with Crippen LogP contribution in [-0.4, -0.2) is 55.1 Å². The predicted octanol–water partition coefficient (Wildman–Crippen LogP) is 4.82. The summed E-state index contributed by atoms with van der Waals surface area (Å²) in [5.41, 5.74) is 3.26. The number of unbranched alkanes of at least 4 members (excludes halogenated alkanes) is 1. The zero-order valence-corrected chi connectivity index (χ0v) is 25.4. The van der Waals surface area contributed by atoms with Crippen molar-refractivity contribution in [1.29, 1.82) is 0 Å². The minimum Gasteiger partial charge on any atom is -0.445 e. The first kappa shape index (κ1) is 34.6. The number of aliphatic hydroxyl groups excluding tert-OH is 1. The van der Waals surface area contributed by atoms with Gasteiger partial charge in [0.2, 0.25) is 5.91 Å². The van der Waals surface area contributed by atoms with Crippen LogP contribution in [0.4, 0.5) is 13.6 Å². The van der Waals surface area contributed by atoms with Crippen LogP contribution in [0.2, 0.25) is 0 Å². The van der Waals surface area contributed by atoms with E-state index in [0.717, 1.165) is 48.6 Å². The number of carbonyl (C=O) groups excluding carboxylic acids is 2. The summed E-state index contributed by atoms with van der Waals surface area (Å²) in [6.07, 6.45) is 0.547. The predicted molar refractivity (Wildman–Crippen MR) is 165 cm³/mol. The van der Waals surface area contributed by atoms with Crippen molar-refractivity contribution in [3.8, 4) is 0 Å². The number of nitrogens with one attached hydrogen (secondary N) is 3. The van der Waals surface area contributed by atoms with Crippen molar-refractivity contribution in [1.82, 2.24) is 16.0 Å². The molecule has 4 N–H and O–H groups in total. The van der Waals surface area contributed by atoms with Crippen LogP contribution in [0.3, 0.4) is 0 Å². The number of amides is 2. The Morgan fingerprint density at radius 3 is 2.27 bits per heavy atom. The second kappa shape index (κ2) is 18.7. The third kappa shape index (κ3) is 12.4. The molecule has 0 aromatic heterocycles. The number of carbonyl (C=O) groups is 2. The highest BCUT2D eigenvalue weighted by atomic mass is 19.1. The van der Waals surface area contributed by atoms with Crippen molar-refractivity contribution in [2.75, 3.05) is 19.8 Å². The minimum absolute atomic E-state index is 0.0109. The van der Waals surface area contributed by atoms with E-state index in [1.165, 1.54) is 5.56 Å². The second-order valence-electron chi connectivity index (χ2n) is 10.7. The van der Waals surface area contributed by atoms with Crippen molar-refractivity contribution in [3.05, 3.63) is 107 Å². The molecule has 44 heavy (non-hydrogen) atoms. The Hall–Kier alpha value is -3.86. The van der Waals surface area contributed by atoms with Crippen LogP contribution in [0.1, 0.15) is 48.9 Å². The summed E-state index contributed by atoms with van der Waals surface area (Å²) >= 11 is 0. The summed E-state index contributed by atoms with van der Waals surface area (Å²) in [5.74, 6) is -2.16. The third-order valence-corrected chi connectivity index (χ3v) is 7.00. The first-order valence-electron chi connectivity index (χ1n) is 15.0. The minimum atomic E-state index is -1.14. The molecule has 2 amide bonds. The summed E-state index contributed by atoms with van der Waals surface area (Å²) in [6.45, 7) is 4.90. The van der Waals surface area contributed by atoms with E-state index in [2.05, 4.69) is 28.9 Å². The fraction of sp³-hybridized carbons (Fsp3) is 0.412. The summed E-state index contributed by atoms with van der Waals surface area (Å²) in [5, 5.41) is 19.7. The van der Waals surface area contributed by atoms with E-state index < -0.39 is 41.8 Å². The van der Waals surface area contributed by atoms with E-state index in [9.17, 15) is 23.5 Å². The average molecular weight is 612 g/mol. The van der Waals surface area contributed by atoms with Crippen molar-refractivity contribution < 1.29 is 33.0 Å². The van der Waals surface area contributed by atoms with Crippen LogP contribution < -0.4 is 16.0 Å². The van der Waals surface area contributed by atoms with Gasteiger partial charge in [-0.3, -0.25) is 4.79 Å². The van der Waals surface area contributed by atoms with Gasteiger partial charge in [0.05, 0.1) is 18.8 Å². The van der Waals surface area contributed by atoms with Crippen LogP contribution in [0, 0.1) is 11.6 Å². The van der Waals surface area contributed by atoms with Gasteiger partial charge in [0.25, 0.3) is 0 Å². The lowest BCUT2D eigenvalue weighted by Gasteiger charge is -2.27. The molecular weight excluding hydrogens is 568 g/mol. The highest BCUT2D eigenvalue weighted by molar-refractivity contribution is 5.86. The fourth-order valence-corrected chi connectivity index (χ4v) is 4.55. The topological polar surface area (TPSA) is 109 Å². The summed E-state index contributed by atoms with van der Waals surface area (Å²) < 4.78 is 38.9. The molecule has 8 nitrogen and oxygen atoms in total. The standard InChI is InChI=1S/C34H43F2N3O5/c1-3-5-14-43-23-31(39-34(42)44-22-25-10-7-6-8-11-25)33(41)38-30(18-27-16-28(35)19-29(36)17-27)32(40)21-37-20-26-13-9-12-24(4-2)15-26/h6-13,15-17,19,30-32,37,40H,3-5,14,18,20-23H2,1-2H3,(H,38,41)(H,39,42)/t30-,31-,32+/m0/s1. The van der Waals surface area contributed by atoms with E-state index in [1.807, 2.05) is 43.3 Å². The highest BCUT2D eigenvalue weighted by Crippen LogP contribution is 2.13. The van der Waals surface area contributed by atoms with E-state index in [4.69, 9.17) is 9.47 Å². The maximum Gasteiger partial charge on any atom is 0.408 e. The number of halogens is 2. The van der Waals surface area contributed by atoms with Crippen LogP contribution in [0.25, 0.3) is 0 Å². The summed E-state index contributed by atoms with van der Waals surface area (Å²) in [6, 6.07) is 18.1. The molecule has 3 aromatic carbocycles. The molecule has 0 aliphatic rings. The Labute approximate surface area is 258 Å². The Balaban J connectivity index is 1.70. The van der Waals surface area contributed by atoms with Crippen molar-refractivity contribution in [3.63, 3.8) is 0 Å². The van der Waals surface area contributed by atoms with Gasteiger partial charge in [-0.15, -0.1) is 0 Å². The van der Waals surface area contributed by atoms with E-state index >= 15 is 0 Å². The van der Waals surface area contributed by atoms with Gasteiger partial charge in [0.1, 0.15) is 24.3 Å². The third-order valence-electron chi connectivity index (χ3n) is 7.00. The molecule has 3 rings (SSSR count). The number of hydrogen-bond donors (Lipinski definition) is 4. The molecule has 0 fully saturated rings. The van der Waals surface area contributed by atoms with Crippen molar-refractivity contribution >= 4 is 12.0 Å². The van der Waals surface area contributed by atoms with Crippen molar-refractivity contribution in [2.45, 2.75) is 70.9 Å². The molecule has 0 unspecified atom stereocenters. The van der Waals surface area contributed by atoms with Crippen LogP contribution in [0.5, 0.6) is 0 Å². The van der Waals surface area contributed by atoms with Gasteiger partial charge in [-0.25, -0.2) is 13.6 Å². The Kier molecular flexibility index (Phi) is 14.7. The lowest BCUT2D eigenvalue weighted by molar-refractivity contribution is -0.126. The molecule has 10 heteroatoms. The molecule has 0 saturated carbocycles. The van der Waals surface area contributed by atoms with Gasteiger partial charge in [0.15, 0.2) is 0 Å². The van der Waals surface area contributed by atoms with Gasteiger partial charge >= 0.3 is 6.09 Å². The van der Waals surface area contributed by atoms with Gasteiger partial charge in [0, 0.05) is 25.8 Å². The van der Waals surface area contributed by atoms with Gasteiger partial charge < -0.3 is 30.5 Å². The number of ether oxygens (including phenoxy) is 2. The summed E-state index contributed by atoms with van der Waals surface area (Å²) in [4.78, 5) is 26.1. The van der Waals surface area contributed by atoms with Crippen LogP contribution >= 0.6 is 0 Å². The molecule has 0 heterocycles. The smallest absolute Gasteiger partial charge is 0.408 e. The number of aryl methyl sites for hydroxylation is 1. The van der Waals surface area contributed by atoms with Gasteiger partial charge in [-0.1, -0.05) is 74.9 Å². The molecular formula is C34H43F2N3O5. The number of rotatable bonds is 18. The normalized spacial score (nSPS) is 13.1. The van der Waals surface area contributed by atoms with E-state index in [0.29, 0.717) is 13.2 Å². The van der Waals surface area contributed by atoms with Crippen LogP contribution in [0.15, 0.2) is 72.8 Å². The zero-order chi connectivity index (χ0) is 31.7. The van der Waals surface area contributed by atoms with E-state index in [-0.39, 0.29) is 31.7 Å². The zero-order valence-electron chi connectivity index (χ0n) is 25.4. The number of aliphatic hydroxyl groups is 1. The molecule has 3 atom stereocenters. The lowest BCUT2D eigenvalue weighted by atomic mass is 10.00. The maximum absolute atomic E-state index is 14.0. The molecule has 0 saturated heterocycles. The maximum atomic E-state index is 14.0. The Morgan fingerprint density at radius 2 is 1.57 bits per heavy atom. The molecule has 0 radical (unpaired) electrons. The lowest BCUT2D eigenvalue weighted by Crippen LogP contribution is -2.56. The highest BCUT2D eigenvalue weighted by Gasteiger charge is 2.28. The number of alkyl carbamates (subject to hydrolysis) is 1. The summed E-state index contributed by atoms with van der Waals surface area (Å²) in [7, 11) is 0. The molecule has 238 valence electrons. The Bertz CT molecular complexity index is 1290. The SMILES string of the molecule is CCCCOC[C@H](NC(=O)OCc1ccccc1)C(=O)N[C@@H](Cc1cc(F)cc(F)c1)[C@H](O)CNCc1cccc(CC)c1. The van der Waals surface area contributed by atoms with Crippen molar-refractivity contribution in [2.24, 2.45) is 0 Å². The van der Waals surface area contributed by atoms with Gasteiger partial charge in [-0.05, 0) is 53.6 Å². The molecule has 0 spiro atoms. The second-order valence-corrected chi connectivity index (χ2v) is 10.7. The molecule has 3 aromatic rings. The largest absolute Gasteiger partial charge is 0.445 e. The monoisotopic (exact) mass is 611 g/mol. The van der Waals surface area contributed by atoms with Crippen LogP contribution in [-0.2, 0) is 40.3 Å².